The third-order valence-electron chi connectivity index (χ3n) is 4.31. The van der Waals surface area contributed by atoms with Gasteiger partial charge in [0.1, 0.15) is 5.82 Å². The largest absolute Gasteiger partial charge is 0.397 e. The van der Waals surface area contributed by atoms with Crippen molar-refractivity contribution in [3.05, 3.63) is 66.4 Å². The summed E-state index contributed by atoms with van der Waals surface area (Å²) in [5.74, 6) is 0.741. The normalized spacial score (nSPS) is 11.9. The molecule has 0 radical (unpaired) electrons. The first-order chi connectivity index (χ1) is 12.6. The first kappa shape index (κ1) is 17.7. The average molecular weight is 349 g/mol. The predicted octanol–water partition coefficient (Wildman–Crippen LogP) is 3.34. The van der Waals surface area contributed by atoms with Crippen molar-refractivity contribution in [2.45, 2.75) is 25.8 Å². The summed E-state index contributed by atoms with van der Waals surface area (Å²) in [5.41, 5.74) is 8.78. The average Bonchev–Trinajstić information content (AvgIpc) is 3.08. The highest BCUT2D eigenvalue weighted by Crippen LogP contribution is 2.23. The third-order valence-corrected chi connectivity index (χ3v) is 4.31. The van der Waals surface area contributed by atoms with Gasteiger partial charge in [0.2, 0.25) is 0 Å². The van der Waals surface area contributed by atoms with E-state index in [-0.39, 0.29) is 11.9 Å². The van der Waals surface area contributed by atoms with Gasteiger partial charge in [0.05, 0.1) is 17.4 Å². The van der Waals surface area contributed by atoms with Crippen LogP contribution in [-0.2, 0) is 7.05 Å². The van der Waals surface area contributed by atoms with Crippen LogP contribution in [0.1, 0.15) is 42.0 Å². The molecule has 0 fully saturated rings. The molecule has 26 heavy (non-hydrogen) atoms. The fraction of sp³-hybridized carbons (Fsp3) is 0.250. The van der Waals surface area contributed by atoms with Crippen molar-refractivity contribution < 1.29 is 4.79 Å². The smallest absolute Gasteiger partial charge is 0.251 e. The summed E-state index contributed by atoms with van der Waals surface area (Å²) in [6.07, 6.45) is 7.12. The number of hydrogen-bond acceptors (Lipinski definition) is 4. The second kappa shape index (κ2) is 7.82. The van der Waals surface area contributed by atoms with Crippen LogP contribution in [0.2, 0.25) is 0 Å². The molecular weight excluding hydrogens is 326 g/mol. The molecule has 0 aliphatic rings. The molecule has 6 nitrogen and oxygen atoms in total. The van der Waals surface area contributed by atoms with Gasteiger partial charge in [-0.2, -0.15) is 0 Å². The first-order valence-corrected chi connectivity index (χ1v) is 8.69. The monoisotopic (exact) mass is 349 g/mol. The Bertz CT molecular complexity index is 885. The SMILES string of the molecule is CCC[C@@H](NC(=O)c1ccc(-c2ncccc2N)cc1)c1nccn1C. The highest BCUT2D eigenvalue weighted by Gasteiger charge is 2.18. The summed E-state index contributed by atoms with van der Waals surface area (Å²) in [7, 11) is 1.93. The summed E-state index contributed by atoms with van der Waals surface area (Å²) in [6, 6.07) is 10.8. The van der Waals surface area contributed by atoms with Crippen molar-refractivity contribution >= 4 is 11.6 Å². The molecule has 0 unspecified atom stereocenters. The third kappa shape index (κ3) is 3.74. The minimum atomic E-state index is -0.119. The summed E-state index contributed by atoms with van der Waals surface area (Å²) in [4.78, 5) is 21.3. The van der Waals surface area contributed by atoms with Crippen molar-refractivity contribution in [2.75, 3.05) is 5.73 Å². The lowest BCUT2D eigenvalue weighted by Crippen LogP contribution is -2.30. The summed E-state index contributed by atoms with van der Waals surface area (Å²) in [5, 5.41) is 3.09. The van der Waals surface area contributed by atoms with E-state index in [2.05, 4.69) is 22.2 Å². The lowest BCUT2D eigenvalue weighted by molar-refractivity contribution is 0.0932. The summed E-state index contributed by atoms with van der Waals surface area (Å²) >= 11 is 0. The standard InChI is InChI=1S/C20H23N5O/c1-3-5-17(19-23-12-13-25(19)2)24-20(26)15-9-7-14(8-10-15)18-16(21)6-4-11-22-18/h4,6-13,17H,3,5,21H2,1-2H3,(H,24,26)/t17-/m1/s1. The Balaban J connectivity index is 1.77. The van der Waals surface area contributed by atoms with Crippen LogP contribution in [-0.4, -0.2) is 20.4 Å². The molecule has 134 valence electrons. The number of benzene rings is 1. The van der Waals surface area contributed by atoms with Crippen LogP contribution >= 0.6 is 0 Å². The molecule has 0 aliphatic carbocycles. The number of imidazole rings is 1. The molecule has 1 aromatic carbocycles. The molecule has 3 N–H and O–H groups in total. The number of pyridine rings is 1. The van der Waals surface area contributed by atoms with Gasteiger partial charge in [0.15, 0.2) is 0 Å². The number of aryl methyl sites for hydroxylation is 1. The van der Waals surface area contributed by atoms with Crippen LogP contribution in [0.4, 0.5) is 5.69 Å². The minimum Gasteiger partial charge on any atom is -0.397 e. The number of hydrogen-bond donors (Lipinski definition) is 2. The van der Waals surface area contributed by atoms with E-state index in [0.717, 1.165) is 29.9 Å². The molecule has 0 spiro atoms. The number of nitrogens with zero attached hydrogens (tertiary/aromatic N) is 3. The molecule has 3 rings (SSSR count). The van der Waals surface area contributed by atoms with Crippen molar-refractivity contribution in [1.82, 2.24) is 19.9 Å². The van der Waals surface area contributed by atoms with Gasteiger partial charge < -0.3 is 15.6 Å². The molecule has 0 bridgehead atoms. The molecule has 3 aromatic rings. The summed E-state index contributed by atoms with van der Waals surface area (Å²) < 4.78 is 1.94. The van der Waals surface area contributed by atoms with E-state index in [1.165, 1.54) is 0 Å². The molecular formula is C20H23N5O. The number of anilines is 1. The number of amides is 1. The Morgan fingerprint density at radius 2 is 1.96 bits per heavy atom. The Morgan fingerprint density at radius 1 is 1.19 bits per heavy atom. The van der Waals surface area contributed by atoms with Crippen LogP contribution in [0.25, 0.3) is 11.3 Å². The second-order valence-electron chi connectivity index (χ2n) is 6.23. The Kier molecular flexibility index (Phi) is 5.31. The topological polar surface area (TPSA) is 85.8 Å². The number of nitrogen functional groups attached to an aromatic ring is 1. The second-order valence-corrected chi connectivity index (χ2v) is 6.23. The van der Waals surface area contributed by atoms with E-state index in [9.17, 15) is 4.79 Å². The van der Waals surface area contributed by atoms with Crippen molar-refractivity contribution in [1.29, 1.82) is 0 Å². The van der Waals surface area contributed by atoms with Gasteiger partial charge in [-0.3, -0.25) is 9.78 Å². The summed E-state index contributed by atoms with van der Waals surface area (Å²) in [6.45, 7) is 2.09. The zero-order valence-electron chi connectivity index (χ0n) is 15.0. The van der Waals surface area contributed by atoms with Crippen LogP contribution in [0.15, 0.2) is 55.0 Å². The first-order valence-electron chi connectivity index (χ1n) is 8.69. The molecule has 1 amide bonds. The van der Waals surface area contributed by atoms with Crippen LogP contribution < -0.4 is 11.1 Å². The molecule has 6 heteroatoms. The Labute approximate surface area is 153 Å². The van der Waals surface area contributed by atoms with E-state index in [0.29, 0.717) is 11.3 Å². The van der Waals surface area contributed by atoms with E-state index in [4.69, 9.17) is 5.73 Å². The predicted molar refractivity (Wildman–Crippen MR) is 102 cm³/mol. The van der Waals surface area contributed by atoms with E-state index in [1.807, 2.05) is 36.0 Å². The lowest BCUT2D eigenvalue weighted by Gasteiger charge is -2.18. The van der Waals surface area contributed by atoms with Gasteiger partial charge in [0, 0.05) is 36.8 Å². The quantitative estimate of drug-likeness (QED) is 0.715. The number of carbonyl (C=O) groups excluding carboxylic acids is 1. The van der Waals surface area contributed by atoms with Gasteiger partial charge in [-0.25, -0.2) is 4.98 Å². The number of carbonyl (C=O) groups is 1. The highest BCUT2D eigenvalue weighted by atomic mass is 16.1. The zero-order chi connectivity index (χ0) is 18.5. The van der Waals surface area contributed by atoms with Gasteiger partial charge in [0.25, 0.3) is 5.91 Å². The maximum Gasteiger partial charge on any atom is 0.251 e. The van der Waals surface area contributed by atoms with Gasteiger partial charge in [-0.1, -0.05) is 25.5 Å². The molecule has 0 saturated heterocycles. The van der Waals surface area contributed by atoms with E-state index < -0.39 is 0 Å². The van der Waals surface area contributed by atoms with Gasteiger partial charge in [-0.15, -0.1) is 0 Å². The Morgan fingerprint density at radius 3 is 2.58 bits per heavy atom. The van der Waals surface area contributed by atoms with E-state index >= 15 is 0 Å². The highest BCUT2D eigenvalue weighted by molar-refractivity contribution is 5.95. The van der Waals surface area contributed by atoms with Crippen molar-refractivity contribution in [2.24, 2.45) is 7.05 Å². The van der Waals surface area contributed by atoms with Crippen LogP contribution in [0.3, 0.4) is 0 Å². The molecule has 2 heterocycles. The number of aromatic nitrogens is 3. The van der Waals surface area contributed by atoms with Crippen molar-refractivity contribution in [3.8, 4) is 11.3 Å². The minimum absolute atomic E-state index is 0.112. The number of nitrogens with two attached hydrogens (primary N) is 1. The molecule has 2 aromatic heterocycles. The number of nitrogens with one attached hydrogen (secondary N) is 1. The van der Waals surface area contributed by atoms with Crippen LogP contribution in [0, 0.1) is 0 Å². The molecule has 0 aliphatic heterocycles. The van der Waals surface area contributed by atoms with Crippen LogP contribution in [0.5, 0.6) is 0 Å². The van der Waals surface area contributed by atoms with Gasteiger partial charge >= 0.3 is 0 Å². The lowest BCUT2D eigenvalue weighted by atomic mass is 10.1. The maximum atomic E-state index is 12.7. The molecule has 0 saturated carbocycles. The fourth-order valence-electron chi connectivity index (χ4n) is 2.95. The van der Waals surface area contributed by atoms with Gasteiger partial charge in [-0.05, 0) is 30.7 Å². The van der Waals surface area contributed by atoms with Crippen molar-refractivity contribution in [3.63, 3.8) is 0 Å². The van der Waals surface area contributed by atoms with E-state index in [1.54, 1.807) is 30.6 Å². The Hall–Kier alpha value is -3.15. The molecule has 1 atom stereocenters. The number of rotatable bonds is 6. The zero-order valence-corrected chi connectivity index (χ0v) is 15.0. The maximum absolute atomic E-state index is 12.7. The fourth-order valence-corrected chi connectivity index (χ4v) is 2.95.